The summed E-state index contributed by atoms with van der Waals surface area (Å²) < 4.78 is 9.26. The summed E-state index contributed by atoms with van der Waals surface area (Å²) in [6.07, 6.45) is 3.53. The molecule has 0 aliphatic heterocycles. The van der Waals surface area contributed by atoms with Gasteiger partial charge in [-0.1, -0.05) is 6.08 Å². The van der Waals surface area contributed by atoms with E-state index in [-0.39, 0.29) is 6.10 Å². The Morgan fingerprint density at radius 2 is 2.08 bits per heavy atom. The van der Waals surface area contributed by atoms with Gasteiger partial charge in [-0.15, -0.1) is 6.58 Å². The normalized spacial score (nSPS) is 11.4. The summed E-state index contributed by atoms with van der Waals surface area (Å²) in [5.41, 5.74) is 0. The predicted molar refractivity (Wildman–Crippen MR) is 47.0 cm³/mol. The van der Waals surface area contributed by atoms with Crippen LogP contribution in [0.2, 0.25) is 0 Å². The number of hydrogen-bond donors (Lipinski definition) is 0. The summed E-state index contributed by atoms with van der Waals surface area (Å²) in [7, 11) is 0. The molecule has 0 amide bonds. The molecular weight excluding hydrogens is 172 g/mol. The van der Waals surface area contributed by atoms with Gasteiger partial charge >= 0.3 is 0 Å². The van der Waals surface area contributed by atoms with Crippen LogP contribution in [-0.4, -0.2) is 25.7 Å². The third-order valence-corrected chi connectivity index (χ3v) is 1.53. The standard InChI is InChI=1S/C9H14O4/c1-2-4-9(13-8-11)5-3-6-12-7-10/h2,7-9H,1,3-6H2/t9-/m1/s1. The van der Waals surface area contributed by atoms with Gasteiger partial charge in [-0.2, -0.15) is 0 Å². The van der Waals surface area contributed by atoms with Gasteiger partial charge in [-0.25, -0.2) is 0 Å². The minimum Gasteiger partial charge on any atom is -0.468 e. The summed E-state index contributed by atoms with van der Waals surface area (Å²) in [6.45, 7) is 4.74. The van der Waals surface area contributed by atoms with Crippen LogP contribution in [0, 0.1) is 0 Å². The van der Waals surface area contributed by atoms with Crippen molar-refractivity contribution in [2.24, 2.45) is 0 Å². The van der Waals surface area contributed by atoms with Gasteiger partial charge < -0.3 is 9.47 Å². The predicted octanol–water partition coefficient (Wildman–Crippen LogP) is 1.06. The van der Waals surface area contributed by atoms with Crippen LogP contribution in [0.5, 0.6) is 0 Å². The van der Waals surface area contributed by atoms with Crippen LogP contribution in [0.4, 0.5) is 0 Å². The molecule has 0 rings (SSSR count). The van der Waals surface area contributed by atoms with E-state index in [4.69, 9.17) is 4.74 Å². The van der Waals surface area contributed by atoms with Crippen LogP contribution in [0.1, 0.15) is 19.3 Å². The van der Waals surface area contributed by atoms with Crippen molar-refractivity contribution in [3.63, 3.8) is 0 Å². The van der Waals surface area contributed by atoms with E-state index in [2.05, 4.69) is 11.3 Å². The third-order valence-electron chi connectivity index (χ3n) is 1.53. The minimum atomic E-state index is -0.148. The molecule has 0 aliphatic rings. The Morgan fingerprint density at radius 1 is 1.31 bits per heavy atom. The highest BCUT2D eigenvalue weighted by molar-refractivity contribution is 5.37. The van der Waals surface area contributed by atoms with E-state index in [1.165, 1.54) is 0 Å². The smallest absolute Gasteiger partial charge is 0.293 e. The summed E-state index contributed by atoms with van der Waals surface area (Å²) in [4.78, 5) is 19.8. The fourth-order valence-electron chi connectivity index (χ4n) is 0.948. The van der Waals surface area contributed by atoms with Gasteiger partial charge in [0.05, 0.1) is 6.61 Å². The Kier molecular flexibility index (Phi) is 7.88. The van der Waals surface area contributed by atoms with Crippen LogP contribution >= 0.6 is 0 Å². The van der Waals surface area contributed by atoms with Gasteiger partial charge in [0.1, 0.15) is 6.10 Å². The first-order valence-corrected chi connectivity index (χ1v) is 4.10. The lowest BCUT2D eigenvalue weighted by Gasteiger charge is -2.11. The SMILES string of the molecule is C=CC[C@H](CCCOC=O)OC=O. The van der Waals surface area contributed by atoms with Crippen molar-refractivity contribution in [3.8, 4) is 0 Å². The maximum atomic E-state index is 10.0. The van der Waals surface area contributed by atoms with E-state index in [9.17, 15) is 9.59 Å². The molecule has 0 N–H and O–H groups in total. The van der Waals surface area contributed by atoms with E-state index >= 15 is 0 Å². The molecule has 0 aliphatic carbocycles. The molecule has 0 unspecified atom stereocenters. The van der Waals surface area contributed by atoms with Crippen LogP contribution in [0.15, 0.2) is 12.7 Å². The maximum Gasteiger partial charge on any atom is 0.293 e. The zero-order chi connectivity index (χ0) is 9.94. The first kappa shape index (κ1) is 11.7. The summed E-state index contributed by atoms with van der Waals surface area (Å²) in [6, 6.07) is 0. The van der Waals surface area contributed by atoms with Crippen molar-refractivity contribution in [2.45, 2.75) is 25.4 Å². The Hall–Kier alpha value is -1.32. The van der Waals surface area contributed by atoms with Gasteiger partial charge in [0.2, 0.25) is 0 Å². The minimum absolute atomic E-state index is 0.148. The molecule has 4 nitrogen and oxygen atoms in total. The van der Waals surface area contributed by atoms with Crippen molar-refractivity contribution in [2.75, 3.05) is 6.61 Å². The van der Waals surface area contributed by atoms with E-state index in [1.807, 2.05) is 0 Å². The van der Waals surface area contributed by atoms with E-state index in [1.54, 1.807) is 6.08 Å². The zero-order valence-electron chi connectivity index (χ0n) is 7.48. The van der Waals surface area contributed by atoms with E-state index < -0.39 is 0 Å². The zero-order valence-corrected chi connectivity index (χ0v) is 7.48. The Balaban J connectivity index is 3.48. The highest BCUT2D eigenvalue weighted by atomic mass is 16.5. The fraction of sp³-hybridized carbons (Fsp3) is 0.556. The summed E-state index contributed by atoms with van der Waals surface area (Å²) >= 11 is 0. The average Bonchev–Trinajstić information content (AvgIpc) is 2.13. The molecular formula is C9H14O4. The van der Waals surface area contributed by atoms with Crippen molar-refractivity contribution in [3.05, 3.63) is 12.7 Å². The van der Waals surface area contributed by atoms with Crippen LogP contribution < -0.4 is 0 Å². The molecule has 74 valence electrons. The van der Waals surface area contributed by atoms with Crippen LogP contribution in [0.3, 0.4) is 0 Å². The van der Waals surface area contributed by atoms with Crippen molar-refractivity contribution >= 4 is 12.9 Å². The molecule has 1 atom stereocenters. The van der Waals surface area contributed by atoms with Crippen LogP contribution in [-0.2, 0) is 19.1 Å². The molecule has 0 radical (unpaired) electrons. The molecule has 0 heterocycles. The largest absolute Gasteiger partial charge is 0.468 e. The summed E-state index contributed by atoms with van der Waals surface area (Å²) in [5, 5.41) is 0. The molecule has 0 aromatic rings. The lowest BCUT2D eigenvalue weighted by molar-refractivity contribution is -0.135. The number of carbonyl (C=O) groups is 2. The Bertz CT molecular complexity index is 146. The quantitative estimate of drug-likeness (QED) is 0.307. The van der Waals surface area contributed by atoms with Crippen molar-refractivity contribution in [1.29, 1.82) is 0 Å². The highest BCUT2D eigenvalue weighted by Gasteiger charge is 2.06. The molecule has 4 heteroatoms. The molecule has 0 saturated carbocycles. The molecule has 0 fully saturated rings. The van der Waals surface area contributed by atoms with Gasteiger partial charge in [0.25, 0.3) is 12.9 Å². The monoisotopic (exact) mass is 186 g/mol. The van der Waals surface area contributed by atoms with Gasteiger partial charge in [0.15, 0.2) is 0 Å². The van der Waals surface area contributed by atoms with Gasteiger partial charge in [0, 0.05) is 6.42 Å². The van der Waals surface area contributed by atoms with Crippen LogP contribution in [0.25, 0.3) is 0 Å². The number of carbonyl (C=O) groups excluding carboxylic acids is 2. The topological polar surface area (TPSA) is 52.6 Å². The molecule has 13 heavy (non-hydrogen) atoms. The van der Waals surface area contributed by atoms with Crippen molar-refractivity contribution < 1.29 is 19.1 Å². The number of rotatable bonds is 9. The van der Waals surface area contributed by atoms with Crippen molar-refractivity contribution in [1.82, 2.24) is 0 Å². The van der Waals surface area contributed by atoms with E-state index in [0.29, 0.717) is 38.8 Å². The molecule has 0 saturated heterocycles. The van der Waals surface area contributed by atoms with E-state index in [0.717, 1.165) is 0 Å². The maximum absolute atomic E-state index is 10.0. The second kappa shape index (κ2) is 8.77. The number of hydrogen-bond acceptors (Lipinski definition) is 4. The average molecular weight is 186 g/mol. The molecule has 0 spiro atoms. The fourth-order valence-corrected chi connectivity index (χ4v) is 0.948. The Morgan fingerprint density at radius 3 is 2.62 bits per heavy atom. The lowest BCUT2D eigenvalue weighted by Crippen LogP contribution is -2.11. The first-order valence-electron chi connectivity index (χ1n) is 4.10. The lowest BCUT2D eigenvalue weighted by atomic mass is 10.1. The van der Waals surface area contributed by atoms with Gasteiger partial charge in [-0.3, -0.25) is 9.59 Å². The summed E-state index contributed by atoms with van der Waals surface area (Å²) in [5.74, 6) is 0. The Labute approximate surface area is 77.5 Å². The molecule has 0 aromatic heterocycles. The third kappa shape index (κ3) is 7.05. The highest BCUT2D eigenvalue weighted by Crippen LogP contribution is 2.06. The number of ether oxygens (including phenoxy) is 2. The molecule has 0 bridgehead atoms. The molecule has 0 aromatic carbocycles. The first-order chi connectivity index (χ1) is 6.35. The second-order valence-electron chi connectivity index (χ2n) is 2.49. The van der Waals surface area contributed by atoms with Gasteiger partial charge in [-0.05, 0) is 12.8 Å². The second-order valence-corrected chi connectivity index (χ2v) is 2.49.